The van der Waals surface area contributed by atoms with Gasteiger partial charge in [0.25, 0.3) is 11.8 Å². The molecular formula is C15H11N3O4S. The van der Waals surface area contributed by atoms with Crippen molar-refractivity contribution < 1.29 is 18.7 Å². The van der Waals surface area contributed by atoms with Crippen LogP contribution in [0.4, 0.5) is 6.01 Å². The summed E-state index contributed by atoms with van der Waals surface area (Å²) in [6.45, 7) is 0.120. The van der Waals surface area contributed by atoms with Crippen molar-refractivity contribution in [2.24, 2.45) is 0 Å². The molecule has 1 N–H and O–H groups in total. The predicted octanol–water partition coefficient (Wildman–Crippen LogP) is 2.58. The van der Waals surface area contributed by atoms with Crippen LogP contribution in [0.1, 0.15) is 0 Å². The van der Waals surface area contributed by atoms with E-state index in [-0.39, 0.29) is 12.6 Å². The normalized spacial score (nSPS) is 16.1. The maximum Gasteiger partial charge on any atom is 0.322 e. The first kappa shape index (κ1) is 13.8. The van der Waals surface area contributed by atoms with Crippen molar-refractivity contribution in [3.05, 3.63) is 41.8 Å². The Kier molecular flexibility index (Phi) is 3.43. The summed E-state index contributed by atoms with van der Waals surface area (Å²) in [7, 11) is 0. The quantitative estimate of drug-likeness (QED) is 0.795. The Balaban J connectivity index is 1.45. The number of carbonyl (C=O) groups excluding carboxylic acids is 1. The van der Waals surface area contributed by atoms with Crippen LogP contribution < -0.4 is 14.8 Å². The molecule has 116 valence electrons. The number of nitrogens with one attached hydrogen (secondary N) is 1. The number of benzene rings is 1. The van der Waals surface area contributed by atoms with Crippen molar-refractivity contribution in [3.63, 3.8) is 0 Å². The van der Waals surface area contributed by atoms with Crippen LogP contribution in [-0.2, 0) is 4.79 Å². The van der Waals surface area contributed by atoms with Gasteiger partial charge in [-0.2, -0.15) is 0 Å². The van der Waals surface area contributed by atoms with Gasteiger partial charge in [0, 0.05) is 0 Å². The molecule has 7 nitrogen and oxygen atoms in total. The molecule has 1 atom stereocenters. The number of amides is 1. The summed E-state index contributed by atoms with van der Waals surface area (Å²) in [5.41, 5.74) is 0. The summed E-state index contributed by atoms with van der Waals surface area (Å²) in [5, 5.41) is 12.2. The first-order valence-electron chi connectivity index (χ1n) is 6.86. The number of hydrogen-bond acceptors (Lipinski definition) is 7. The minimum atomic E-state index is -0.776. The first-order chi connectivity index (χ1) is 11.3. The molecule has 0 spiro atoms. The average Bonchev–Trinajstić information content (AvgIpc) is 3.25. The Morgan fingerprint density at radius 1 is 1.17 bits per heavy atom. The van der Waals surface area contributed by atoms with Crippen molar-refractivity contribution >= 4 is 23.3 Å². The minimum Gasteiger partial charge on any atom is -0.485 e. The van der Waals surface area contributed by atoms with Gasteiger partial charge in [-0.15, -0.1) is 16.4 Å². The monoisotopic (exact) mass is 329 g/mol. The van der Waals surface area contributed by atoms with E-state index in [0.29, 0.717) is 17.4 Å². The Hall–Kier alpha value is -2.87. The highest BCUT2D eigenvalue weighted by atomic mass is 32.1. The van der Waals surface area contributed by atoms with Crippen molar-refractivity contribution in [2.75, 3.05) is 11.9 Å². The van der Waals surface area contributed by atoms with Crippen LogP contribution in [0.25, 0.3) is 10.8 Å². The van der Waals surface area contributed by atoms with Crippen LogP contribution in [0.3, 0.4) is 0 Å². The minimum absolute atomic E-state index is 0.0286. The number of anilines is 1. The van der Waals surface area contributed by atoms with Crippen LogP contribution in [0, 0.1) is 0 Å². The fraction of sp³-hybridized carbons (Fsp3) is 0.133. The number of fused-ring (bicyclic) bond motifs is 1. The Bertz CT molecular complexity index is 831. The van der Waals surface area contributed by atoms with E-state index >= 15 is 0 Å². The third-order valence-electron chi connectivity index (χ3n) is 3.19. The van der Waals surface area contributed by atoms with Crippen LogP contribution >= 0.6 is 11.3 Å². The molecule has 0 bridgehead atoms. The Morgan fingerprint density at radius 2 is 2.04 bits per heavy atom. The molecule has 1 amide bonds. The summed E-state index contributed by atoms with van der Waals surface area (Å²) >= 11 is 1.47. The van der Waals surface area contributed by atoms with E-state index in [1.807, 2.05) is 29.6 Å². The highest BCUT2D eigenvalue weighted by molar-refractivity contribution is 7.13. The Morgan fingerprint density at radius 3 is 2.87 bits per heavy atom. The van der Waals surface area contributed by atoms with Gasteiger partial charge in [-0.25, -0.2) is 0 Å². The van der Waals surface area contributed by atoms with Crippen molar-refractivity contribution in [1.82, 2.24) is 10.2 Å². The van der Waals surface area contributed by atoms with Crippen molar-refractivity contribution in [2.45, 2.75) is 6.10 Å². The molecular weight excluding hydrogens is 318 g/mol. The second-order valence-corrected chi connectivity index (χ2v) is 5.69. The molecule has 0 saturated heterocycles. The number of thiophene rings is 1. The smallest absolute Gasteiger partial charge is 0.322 e. The second kappa shape index (κ2) is 5.73. The maximum absolute atomic E-state index is 12.2. The van der Waals surface area contributed by atoms with E-state index in [9.17, 15) is 4.79 Å². The molecule has 3 heterocycles. The molecule has 3 aromatic rings. The van der Waals surface area contributed by atoms with Gasteiger partial charge in [-0.3, -0.25) is 10.1 Å². The SMILES string of the molecule is O=C(Nc1nnc(-c2cccs2)o1)[C@@H]1COc2ccccc2O1. The van der Waals surface area contributed by atoms with Gasteiger partial charge in [0.1, 0.15) is 6.61 Å². The second-order valence-electron chi connectivity index (χ2n) is 4.74. The maximum atomic E-state index is 12.2. The molecule has 1 aliphatic rings. The van der Waals surface area contributed by atoms with Crippen LogP contribution in [-0.4, -0.2) is 28.8 Å². The molecule has 0 fully saturated rings. The summed E-state index contributed by atoms with van der Waals surface area (Å²) < 4.78 is 16.5. The van der Waals surface area contributed by atoms with Crippen LogP contribution in [0.15, 0.2) is 46.2 Å². The largest absolute Gasteiger partial charge is 0.485 e. The number of rotatable bonds is 3. The molecule has 23 heavy (non-hydrogen) atoms. The van der Waals surface area contributed by atoms with E-state index in [1.165, 1.54) is 11.3 Å². The highest BCUT2D eigenvalue weighted by Crippen LogP contribution is 2.31. The average molecular weight is 329 g/mol. The fourth-order valence-electron chi connectivity index (χ4n) is 2.11. The third kappa shape index (κ3) is 2.76. The summed E-state index contributed by atoms with van der Waals surface area (Å²) in [5.74, 6) is 1.11. The molecule has 0 saturated carbocycles. The zero-order valence-corrected chi connectivity index (χ0v) is 12.6. The number of hydrogen-bond donors (Lipinski definition) is 1. The lowest BCUT2D eigenvalue weighted by molar-refractivity contribution is -0.125. The topological polar surface area (TPSA) is 86.5 Å². The highest BCUT2D eigenvalue weighted by Gasteiger charge is 2.28. The lowest BCUT2D eigenvalue weighted by Crippen LogP contribution is -2.40. The molecule has 1 aliphatic heterocycles. The lowest BCUT2D eigenvalue weighted by Gasteiger charge is -2.24. The number of carbonyl (C=O) groups is 1. The van der Waals surface area contributed by atoms with Crippen molar-refractivity contribution in [3.8, 4) is 22.3 Å². The summed E-state index contributed by atoms with van der Waals surface area (Å²) in [6.07, 6.45) is -0.776. The van der Waals surface area contributed by atoms with Crippen molar-refractivity contribution in [1.29, 1.82) is 0 Å². The number of nitrogens with zero attached hydrogens (tertiary/aromatic N) is 2. The first-order valence-corrected chi connectivity index (χ1v) is 7.74. The zero-order valence-electron chi connectivity index (χ0n) is 11.8. The molecule has 1 aromatic carbocycles. The lowest BCUT2D eigenvalue weighted by atomic mass is 10.2. The standard InChI is InChI=1S/C15H11N3O4S/c19-13(11-8-20-9-4-1-2-5-10(9)21-11)16-15-18-17-14(22-15)12-6-3-7-23-12/h1-7,11H,8H2,(H,16,18,19)/t11-/m0/s1. The number of ether oxygens (including phenoxy) is 2. The molecule has 0 unspecified atom stereocenters. The van der Waals surface area contributed by atoms with Gasteiger partial charge in [0.15, 0.2) is 11.5 Å². The predicted molar refractivity (Wildman–Crippen MR) is 82.6 cm³/mol. The number of aromatic nitrogens is 2. The third-order valence-corrected chi connectivity index (χ3v) is 4.05. The Labute approximate surface area is 134 Å². The van der Waals surface area contributed by atoms with Gasteiger partial charge < -0.3 is 13.9 Å². The van der Waals surface area contributed by atoms with E-state index in [1.54, 1.807) is 12.1 Å². The molecule has 4 rings (SSSR count). The van der Waals surface area contributed by atoms with Gasteiger partial charge >= 0.3 is 6.01 Å². The molecule has 0 aliphatic carbocycles. The molecule has 2 aromatic heterocycles. The van der Waals surface area contributed by atoms with Gasteiger partial charge in [0.2, 0.25) is 6.10 Å². The summed E-state index contributed by atoms with van der Waals surface area (Å²) in [4.78, 5) is 13.1. The molecule has 0 radical (unpaired) electrons. The summed E-state index contributed by atoms with van der Waals surface area (Å²) in [6, 6.07) is 11.0. The van der Waals surface area contributed by atoms with E-state index in [2.05, 4.69) is 15.5 Å². The van der Waals surface area contributed by atoms with E-state index in [0.717, 1.165) is 4.88 Å². The van der Waals surface area contributed by atoms with Crippen LogP contribution in [0.2, 0.25) is 0 Å². The van der Waals surface area contributed by atoms with E-state index < -0.39 is 12.0 Å². The number of para-hydroxylation sites is 2. The van der Waals surface area contributed by atoms with Gasteiger partial charge in [0.05, 0.1) is 4.88 Å². The fourth-order valence-corrected chi connectivity index (χ4v) is 2.75. The molecule has 8 heteroatoms. The zero-order chi connectivity index (χ0) is 15.6. The van der Waals surface area contributed by atoms with Gasteiger partial charge in [-0.05, 0) is 23.6 Å². The van der Waals surface area contributed by atoms with Crippen LogP contribution in [0.5, 0.6) is 11.5 Å². The van der Waals surface area contributed by atoms with E-state index in [4.69, 9.17) is 13.9 Å². The van der Waals surface area contributed by atoms with Gasteiger partial charge in [-0.1, -0.05) is 23.3 Å².